The third kappa shape index (κ3) is 5.64. The fraction of sp³-hybridized carbons (Fsp3) is 0.222. The fourth-order valence-electron chi connectivity index (χ4n) is 3.88. The Balaban J connectivity index is 1.39. The van der Waals surface area contributed by atoms with Crippen LogP contribution in [0.3, 0.4) is 0 Å². The Bertz CT molecular complexity index is 1330. The molecule has 0 spiro atoms. The van der Waals surface area contributed by atoms with E-state index in [-0.39, 0.29) is 31.6 Å². The van der Waals surface area contributed by atoms with Crippen molar-refractivity contribution in [2.75, 3.05) is 26.3 Å². The van der Waals surface area contributed by atoms with E-state index in [0.29, 0.717) is 39.5 Å². The second-order valence-electron chi connectivity index (χ2n) is 8.29. The molecule has 0 bridgehead atoms. The Hall–Kier alpha value is -4.18. The molecule has 0 aliphatic carbocycles. The summed E-state index contributed by atoms with van der Waals surface area (Å²) in [5.74, 6) is 2.23. The van der Waals surface area contributed by atoms with Gasteiger partial charge in [0.15, 0.2) is 16.7 Å². The van der Waals surface area contributed by atoms with Crippen LogP contribution in [0.1, 0.15) is 12.0 Å². The van der Waals surface area contributed by atoms with Gasteiger partial charge in [0.05, 0.1) is 26.5 Å². The number of nitrogens with one attached hydrogen (secondary N) is 1. The number of ether oxygens (including phenoxy) is 4. The molecule has 1 fully saturated rings. The maximum absolute atomic E-state index is 13.3. The monoisotopic (exact) mass is 519 g/mol. The van der Waals surface area contributed by atoms with E-state index in [0.717, 1.165) is 5.56 Å². The van der Waals surface area contributed by atoms with Crippen molar-refractivity contribution in [1.29, 1.82) is 0 Å². The van der Waals surface area contributed by atoms with Crippen molar-refractivity contribution in [2.24, 2.45) is 4.99 Å². The van der Waals surface area contributed by atoms with Gasteiger partial charge >= 0.3 is 0 Å². The van der Waals surface area contributed by atoms with Crippen LogP contribution in [0.5, 0.6) is 23.0 Å². The van der Waals surface area contributed by atoms with Crippen molar-refractivity contribution < 1.29 is 28.5 Å². The Morgan fingerprint density at radius 2 is 1.68 bits per heavy atom. The normalized spacial score (nSPS) is 17.6. The first-order valence-corrected chi connectivity index (χ1v) is 12.4. The number of amides is 2. The van der Waals surface area contributed by atoms with Gasteiger partial charge in [-0.2, -0.15) is 0 Å². The molecule has 2 aliphatic heterocycles. The van der Waals surface area contributed by atoms with Gasteiger partial charge in [0.25, 0.3) is 0 Å². The van der Waals surface area contributed by atoms with Gasteiger partial charge in [-0.15, -0.1) is 0 Å². The predicted molar refractivity (Wildman–Crippen MR) is 141 cm³/mol. The Kier molecular flexibility index (Phi) is 7.18. The van der Waals surface area contributed by atoms with Gasteiger partial charge in [-0.3, -0.25) is 14.5 Å². The maximum atomic E-state index is 13.3. The summed E-state index contributed by atoms with van der Waals surface area (Å²) in [4.78, 5) is 32.8. The number of carbonyl (C=O) groups is 2. The minimum atomic E-state index is -0.639. The van der Waals surface area contributed by atoms with E-state index in [1.54, 1.807) is 67.7 Å². The van der Waals surface area contributed by atoms with E-state index in [2.05, 4.69) is 5.32 Å². The lowest BCUT2D eigenvalue weighted by Gasteiger charge is -2.32. The third-order valence-electron chi connectivity index (χ3n) is 5.86. The third-order valence-corrected chi connectivity index (χ3v) is 7.05. The molecule has 3 aromatic carbocycles. The van der Waals surface area contributed by atoms with E-state index < -0.39 is 5.25 Å². The molecule has 1 N–H and O–H groups in total. The van der Waals surface area contributed by atoms with Gasteiger partial charge in [-0.25, -0.2) is 4.99 Å². The summed E-state index contributed by atoms with van der Waals surface area (Å²) in [6.45, 7) is 0.455. The van der Waals surface area contributed by atoms with Crippen molar-refractivity contribution in [3.63, 3.8) is 0 Å². The molecule has 2 aliphatic rings. The molecule has 5 rings (SSSR count). The van der Waals surface area contributed by atoms with Crippen molar-refractivity contribution in [1.82, 2.24) is 4.90 Å². The molecule has 0 unspecified atom stereocenters. The summed E-state index contributed by atoms with van der Waals surface area (Å²) in [5.41, 5.74) is 2.13. The molecule has 0 aromatic heterocycles. The summed E-state index contributed by atoms with van der Waals surface area (Å²) in [5, 5.41) is 2.69. The van der Waals surface area contributed by atoms with Gasteiger partial charge in [0, 0.05) is 12.1 Å². The predicted octanol–water partition coefficient (Wildman–Crippen LogP) is 4.59. The largest absolute Gasteiger partial charge is 0.497 e. The highest BCUT2D eigenvalue weighted by Gasteiger charge is 2.36. The number of amidine groups is 1. The van der Waals surface area contributed by atoms with Crippen LogP contribution in [0.2, 0.25) is 0 Å². The van der Waals surface area contributed by atoms with Gasteiger partial charge in [0.1, 0.15) is 16.7 Å². The van der Waals surface area contributed by atoms with Crippen LogP contribution in [-0.4, -0.2) is 48.1 Å². The first kappa shape index (κ1) is 24.5. The Morgan fingerprint density at radius 3 is 2.38 bits per heavy atom. The van der Waals surface area contributed by atoms with E-state index in [4.69, 9.17) is 23.9 Å². The zero-order chi connectivity index (χ0) is 25.8. The molecule has 0 saturated carbocycles. The number of methoxy groups -OCH3 is 2. The number of anilines is 1. The summed E-state index contributed by atoms with van der Waals surface area (Å²) >= 11 is 1.26. The molecule has 3 aromatic rings. The van der Waals surface area contributed by atoms with E-state index in [1.165, 1.54) is 11.8 Å². The average molecular weight is 520 g/mol. The number of thioether (sulfide) groups is 1. The molecule has 1 saturated heterocycles. The molecule has 190 valence electrons. The SMILES string of the molecule is COc1ccc(N=C2S[C@H](C(=O)Nc3ccc(OC)cc3)CC(=O)N2Cc2ccc3c(c2)OCO3)cc1. The first-order chi connectivity index (χ1) is 18.0. The summed E-state index contributed by atoms with van der Waals surface area (Å²) in [6, 6.07) is 19.8. The van der Waals surface area contributed by atoms with Crippen molar-refractivity contribution in [3.05, 3.63) is 72.3 Å². The van der Waals surface area contributed by atoms with Gasteiger partial charge < -0.3 is 24.3 Å². The minimum Gasteiger partial charge on any atom is -0.497 e. The van der Waals surface area contributed by atoms with Crippen molar-refractivity contribution >= 4 is 40.1 Å². The number of rotatable bonds is 7. The van der Waals surface area contributed by atoms with Crippen molar-refractivity contribution in [3.8, 4) is 23.0 Å². The molecular weight excluding hydrogens is 494 g/mol. The lowest BCUT2D eigenvalue weighted by Crippen LogP contribution is -2.44. The topological polar surface area (TPSA) is 98.7 Å². The van der Waals surface area contributed by atoms with E-state index in [1.807, 2.05) is 18.2 Å². The van der Waals surface area contributed by atoms with Crippen LogP contribution in [0.15, 0.2) is 71.7 Å². The second kappa shape index (κ2) is 10.8. The molecule has 10 heteroatoms. The van der Waals surface area contributed by atoms with Crippen LogP contribution < -0.4 is 24.3 Å². The van der Waals surface area contributed by atoms with Crippen LogP contribution >= 0.6 is 11.8 Å². The number of carbonyl (C=O) groups excluding carboxylic acids is 2. The minimum absolute atomic E-state index is 0.0405. The molecule has 1 atom stereocenters. The van der Waals surface area contributed by atoms with Gasteiger partial charge in [0.2, 0.25) is 18.6 Å². The maximum Gasteiger partial charge on any atom is 0.238 e. The van der Waals surface area contributed by atoms with Crippen LogP contribution in [0, 0.1) is 0 Å². The Morgan fingerprint density at radius 1 is 1.00 bits per heavy atom. The zero-order valence-electron chi connectivity index (χ0n) is 20.3. The van der Waals surface area contributed by atoms with Crippen LogP contribution in [0.25, 0.3) is 0 Å². The smallest absolute Gasteiger partial charge is 0.238 e. The lowest BCUT2D eigenvalue weighted by molar-refractivity contribution is -0.129. The van der Waals surface area contributed by atoms with Gasteiger partial charge in [-0.1, -0.05) is 17.8 Å². The molecule has 2 amide bonds. The number of fused-ring (bicyclic) bond motifs is 1. The molecule has 9 nitrogen and oxygen atoms in total. The molecular formula is C27H25N3O6S. The quantitative estimate of drug-likeness (QED) is 0.487. The average Bonchev–Trinajstić information content (AvgIpc) is 3.39. The molecule has 2 heterocycles. The highest BCUT2D eigenvalue weighted by Crippen LogP contribution is 2.35. The zero-order valence-corrected chi connectivity index (χ0v) is 21.1. The molecule has 0 radical (unpaired) electrons. The van der Waals surface area contributed by atoms with Crippen LogP contribution in [-0.2, 0) is 16.1 Å². The second-order valence-corrected chi connectivity index (χ2v) is 9.46. The van der Waals surface area contributed by atoms with E-state index >= 15 is 0 Å². The van der Waals surface area contributed by atoms with Crippen molar-refractivity contribution in [2.45, 2.75) is 18.2 Å². The Labute approximate surface area is 218 Å². The number of benzene rings is 3. The highest BCUT2D eigenvalue weighted by molar-refractivity contribution is 8.15. The van der Waals surface area contributed by atoms with E-state index in [9.17, 15) is 9.59 Å². The summed E-state index contributed by atoms with van der Waals surface area (Å²) < 4.78 is 21.3. The number of hydrogen-bond donors (Lipinski definition) is 1. The molecule has 37 heavy (non-hydrogen) atoms. The fourth-order valence-corrected chi connectivity index (χ4v) is 4.98. The first-order valence-electron chi connectivity index (χ1n) is 11.6. The van der Waals surface area contributed by atoms with Gasteiger partial charge in [-0.05, 0) is 66.2 Å². The summed E-state index contributed by atoms with van der Waals surface area (Å²) in [6.07, 6.45) is 0.0405. The standard InChI is InChI=1S/C27H25N3O6S/c1-33-20-8-4-18(5-9-20)28-26(32)24-14-25(31)30(15-17-3-12-22-23(13-17)36-16-35-22)27(37-24)29-19-6-10-21(34-2)11-7-19/h3-13,24H,14-16H2,1-2H3,(H,28,32)/t24-/m0/s1. The highest BCUT2D eigenvalue weighted by atomic mass is 32.2. The number of aliphatic imine (C=N–C) groups is 1. The van der Waals surface area contributed by atoms with Crippen LogP contribution in [0.4, 0.5) is 11.4 Å². The lowest BCUT2D eigenvalue weighted by atomic mass is 10.1. The summed E-state index contributed by atoms with van der Waals surface area (Å²) in [7, 11) is 3.17. The number of hydrogen-bond acceptors (Lipinski definition) is 8. The number of nitrogens with zero attached hydrogens (tertiary/aromatic N) is 2.